The predicted molar refractivity (Wildman–Crippen MR) is 191 cm³/mol. The maximum atomic E-state index is 14.6. The molecule has 1 saturated carbocycles. The third kappa shape index (κ3) is 9.21. The summed E-state index contributed by atoms with van der Waals surface area (Å²) in [6.45, 7) is 11.8. The molecule has 1 aromatic heterocycles. The fourth-order valence-corrected chi connectivity index (χ4v) is 9.33. The summed E-state index contributed by atoms with van der Waals surface area (Å²) >= 11 is 1.11. The minimum atomic E-state index is -3.78. The lowest BCUT2D eigenvalue weighted by molar-refractivity contribution is -0.144. The van der Waals surface area contributed by atoms with Crippen LogP contribution < -0.4 is 21.7 Å². The van der Waals surface area contributed by atoms with Crippen LogP contribution in [0.3, 0.4) is 0 Å². The molecule has 276 valence electrons. The number of ketones is 1. The van der Waals surface area contributed by atoms with E-state index >= 15 is 0 Å². The average Bonchev–Trinajstić information content (AvgIpc) is 3.49. The first-order chi connectivity index (χ1) is 23.4. The van der Waals surface area contributed by atoms with Crippen LogP contribution in [0.25, 0.3) is 0 Å². The van der Waals surface area contributed by atoms with E-state index in [-0.39, 0.29) is 29.6 Å². The normalized spacial score (nSPS) is 22.3. The molecule has 3 aliphatic rings. The highest BCUT2D eigenvalue weighted by Crippen LogP contribution is 2.41. The van der Waals surface area contributed by atoms with E-state index in [1.807, 2.05) is 39.8 Å². The lowest BCUT2D eigenvalue weighted by Gasteiger charge is -2.43. The topological polar surface area (TPSA) is 188 Å². The molecule has 1 aliphatic heterocycles. The van der Waals surface area contributed by atoms with Crippen LogP contribution in [0.1, 0.15) is 72.6 Å². The van der Waals surface area contributed by atoms with Gasteiger partial charge in [-0.2, -0.15) is 4.31 Å². The standard InChI is InChI=1S/C35H52N6O7S2/c1-7-23-15-18-41(27(23)31(44)37-24(20-22-13-14-22)28(42)30(36)43)32(45)29(35(5)16-9-8-10-17-35)39-33(46)38-25(34(2,3)4)21-40(6)50(47,48)26-12-11-19-49-26/h7,11-14,19,22-25,27,29H,1,8-10,15-18,20-21H2,2-6H3,(H2,36,43)(H,37,44)(H2,38,39,46)/t23-,24?,25+,27-,29+/m0/s1. The lowest BCUT2D eigenvalue weighted by Crippen LogP contribution is -2.63. The number of allylic oxidation sites excluding steroid dienone is 2. The molecule has 4 rings (SSSR count). The van der Waals surface area contributed by atoms with E-state index < -0.39 is 80.5 Å². The van der Waals surface area contributed by atoms with Crippen LogP contribution in [0.15, 0.2) is 46.5 Å². The van der Waals surface area contributed by atoms with Crippen molar-refractivity contribution >= 4 is 50.9 Å². The first kappa shape index (κ1) is 39.2. The van der Waals surface area contributed by atoms with Gasteiger partial charge in [-0.05, 0) is 53.9 Å². The molecule has 15 heteroatoms. The van der Waals surface area contributed by atoms with Crippen LogP contribution in [0, 0.1) is 22.7 Å². The average molecular weight is 733 g/mol. The van der Waals surface area contributed by atoms with Gasteiger partial charge in [-0.15, -0.1) is 17.9 Å². The van der Waals surface area contributed by atoms with Gasteiger partial charge in [0.2, 0.25) is 17.6 Å². The summed E-state index contributed by atoms with van der Waals surface area (Å²) < 4.78 is 27.8. The zero-order valence-electron chi connectivity index (χ0n) is 29.6. The number of nitrogens with two attached hydrogens (primary N) is 1. The van der Waals surface area contributed by atoms with Gasteiger partial charge in [0.15, 0.2) is 0 Å². The van der Waals surface area contributed by atoms with Crippen LogP contribution in [0.5, 0.6) is 0 Å². The maximum Gasteiger partial charge on any atom is 0.315 e. The zero-order valence-corrected chi connectivity index (χ0v) is 31.3. The van der Waals surface area contributed by atoms with Crippen LogP contribution in [-0.4, -0.2) is 91.5 Å². The number of likely N-dealkylation sites (tertiary alicyclic amines) is 1. The molecular formula is C35H52N6O7S2. The van der Waals surface area contributed by atoms with Crippen LogP contribution in [-0.2, 0) is 29.2 Å². The third-order valence-electron chi connectivity index (χ3n) is 10.3. The van der Waals surface area contributed by atoms with Gasteiger partial charge < -0.3 is 26.6 Å². The summed E-state index contributed by atoms with van der Waals surface area (Å²) in [6, 6.07) is -1.23. The van der Waals surface area contributed by atoms with Crippen molar-refractivity contribution in [3.05, 3.63) is 42.3 Å². The van der Waals surface area contributed by atoms with Crippen molar-refractivity contribution in [2.24, 2.45) is 28.4 Å². The number of thiophene rings is 1. The van der Waals surface area contributed by atoms with Crippen molar-refractivity contribution in [3.63, 3.8) is 0 Å². The molecule has 0 spiro atoms. The van der Waals surface area contributed by atoms with Crippen LogP contribution in [0.4, 0.5) is 4.79 Å². The number of hydrogen-bond donors (Lipinski definition) is 4. The molecule has 5 N–H and O–H groups in total. The maximum absolute atomic E-state index is 14.6. The molecular weight excluding hydrogens is 681 g/mol. The van der Waals surface area contributed by atoms with Gasteiger partial charge in [-0.25, -0.2) is 13.2 Å². The predicted octanol–water partition coefficient (Wildman–Crippen LogP) is 2.94. The van der Waals surface area contributed by atoms with Crippen molar-refractivity contribution in [1.29, 1.82) is 0 Å². The van der Waals surface area contributed by atoms with Gasteiger partial charge in [0.05, 0.1) is 6.04 Å². The van der Waals surface area contributed by atoms with E-state index in [1.54, 1.807) is 17.5 Å². The molecule has 50 heavy (non-hydrogen) atoms. The largest absolute Gasteiger partial charge is 0.363 e. The molecule has 5 amide bonds. The number of nitrogens with one attached hydrogen (secondary N) is 3. The summed E-state index contributed by atoms with van der Waals surface area (Å²) in [5, 5.41) is 10.3. The third-order valence-corrected chi connectivity index (χ3v) is 13.5. The van der Waals surface area contributed by atoms with Gasteiger partial charge >= 0.3 is 6.03 Å². The number of likely N-dealkylation sites (N-methyl/N-ethyl adjacent to an activating group) is 1. The summed E-state index contributed by atoms with van der Waals surface area (Å²) in [6.07, 6.45) is 10.0. The fraction of sp³-hybridized carbons (Fsp3) is 0.629. The number of sulfonamides is 1. The molecule has 1 unspecified atom stereocenters. The van der Waals surface area contributed by atoms with Gasteiger partial charge in [0.1, 0.15) is 16.3 Å². The first-order valence-corrected chi connectivity index (χ1v) is 19.5. The molecule has 0 aromatic carbocycles. The second kappa shape index (κ2) is 15.8. The minimum Gasteiger partial charge on any atom is -0.363 e. The number of hydrogen-bond acceptors (Lipinski definition) is 8. The number of carbonyl (C=O) groups excluding carboxylic acids is 5. The van der Waals surface area contributed by atoms with E-state index in [4.69, 9.17) is 5.73 Å². The molecule has 0 radical (unpaired) electrons. The summed E-state index contributed by atoms with van der Waals surface area (Å²) in [5.41, 5.74) is 4.10. The lowest BCUT2D eigenvalue weighted by atomic mass is 9.70. The van der Waals surface area contributed by atoms with Crippen LogP contribution >= 0.6 is 11.3 Å². The molecule has 1 saturated heterocycles. The van der Waals surface area contributed by atoms with Gasteiger partial charge in [-0.1, -0.05) is 71.3 Å². The molecule has 2 fully saturated rings. The van der Waals surface area contributed by atoms with E-state index in [2.05, 4.69) is 22.5 Å². The molecule has 0 bridgehead atoms. The number of rotatable bonds is 15. The molecule has 13 nitrogen and oxygen atoms in total. The zero-order chi connectivity index (χ0) is 37.0. The Balaban J connectivity index is 1.57. The highest BCUT2D eigenvalue weighted by Gasteiger charge is 2.49. The van der Waals surface area contributed by atoms with Crippen LogP contribution in [0.2, 0.25) is 0 Å². The highest BCUT2D eigenvalue weighted by atomic mass is 32.2. The summed E-state index contributed by atoms with van der Waals surface area (Å²) in [7, 11) is -2.31. The number of primary amides is 1. The molecule has 2 aliphatic carbocycles. The van der Waals surface area contributed by atoms with E-state index in [9.17, 15) is 32.4 Å². The number of amides is 5. The Hall–Kier alpha value is -3.56. The highest BCUT2D eigenvalue weighted by molar-refractivity contribution is 7.91. The smallest absolute Gasteiger partial charge is 0.315 e. The van der Waals surface area contributed by atoms with Crippen molar-refractivity contribution in [1.82, 2.24) is 25.2 Å². The summed E-state index contributed by atoms with van der Waals surface area (Å²) in [5.74, 6) is -3.56. The monoisotopic (exact) mass is 732 g/mol. The van der Waals surface area contributed by atoms with Crippen molar-refractivity contribution in [3.8, 4) is 0 Å². The second-order valence-corrected chi connectivity index (χ2v) is 18.4. The number of urea groups is 1. The van der Waals surface area contributed by atoms with E-state index in [0.29, 0.717) is 19.3 Å². The van der Waals surface area contributed by atoms with Gasteiger partial charge in [0, 0.05) is 32.1 Å². The molecule has 2 heterocycles. The Kier molecular flexibility index (Phi) is 12.4. The van der Waals surface area contributed by atoms with Gasteiger partial charge in [0.25, 0.3) is 15.9 Å². The first-order valence-electron chi connectivity index (χ1n) is 17.2. The quantitative estimate of drug-likeness (QED) is 0.158. The van der Waals surface area contributed by atoms with Crippen molar-refractivity contribution in [2.45, 2.75) is 101 Å². The van der Waals surface area contributed by atoms with E-state index in [1.165, 1.54) is 22.3 Å². The SMILES string of the molecule is C=C[C@H]1CCN(C(=O)[C@@H](NC(=O)N[C@H](CN(C)S(=O)(=O)c2cccs2)C(C)(C)C)C2(C)CCCCC2)[C@@H]1C(=O)NC(CC1C=C1)C(=O)C(N)=O. The number of carbonyl (C=O) groups is 5. The second-order valence-electron chi connectivity index (χ2n) is 15.1. The van der Waals surface area contributed by atoms with Crippen molar-refractivity contribution in [2.75, 3.05) is 20.1 Å². The number of nitrogens with zero attached hydrogens (tertiary/aromatic N) is 2. The van der Waals surface area contributed by atoms with Gasteiger partial charge in [-0.3, -0.25) is 19.2 Å². The Morgan fingerprint density at radius 1 is 1.12 bits per heavy atom. The Morgan fingerprint density at radius 2 is 1.78 bits per heavy atom. The Labute approximate surface area is 299 Å². The number of Topliss-reactive ketones (excluding diaryl/α,β-unsaturated/α-hetero) is 1. The molecule has 1 aromatic rings. The van der Waals surface area contributed by atoms with E-state index in [0.717, 1.165) is 30.6 Å². The minimum absolute atomic E-state index is 0.00993. The summed E-state index contributed by atoms with van der Waals surface area (Å²) in [4.78, 5) is 68.2. The Morgan fingerprint density at radius 3 is 2.32 bits per heavy atom. The Bertz CT molecular complexity index is 1570. The fourth-order valence-electron chi connectivity index (χ4n) is 6.95. The van der Waals surface area contributed by atoms with Crippen molar-refractivity contribution < 1.29 is 32.4 Å². The molecule has 5 atom stereocenters.